The molecule has 19 heavy (non-hydrogen) atoms. The fraction of sp³-hybridized carbons (Fsp3) is 0.533. The Balaban J connectivity index is 2.26. The predicted octanol–water partition coefficient (Wildman–Crippen LogP) is 3.68. The Morgan fingerprint density at radius 1 is 1.47 bits per heavy atom. The molecule has 1 fully saturated rings. The zero-order valence-electron chi connectivity index (χ0n) is 11.2. The number of carboxylic acid groups (broad SMARTS) is 1. The van der Waals surface area contributed by atoms with Gasteiger partial charge in [0.2, 0.25) is 0 Å². The smallest absolute Gasteiger partial charge is 0.335 e. The van der Waals surface area contributed by atoms with Crippen LogP contribution in [0.4, 0.5) is 10.1 Å². The Labute approximate surface area is 113 Å². The molecule has 1 aliphatic rings. The Morgan fingerprint density at radius 3 is 2.89 bits per heavy atom. The molecule has 1 unspecified atom stereocenters. The molecule has 1 atom stereocenters. The van der Waals surface area contributed by atoms with Crippen molar-refractivity contribution >= 4 is 11.7 Å². The monoisotopic (exact) mass is 265 g/mol. The first-order valence-corrected chi connectivity index (χ1v) is 6.93. The highest BCUT2D eigenvalue weighted by atomic mass is 19.1. The van der Waals surface area contributed by atoms with Gasteiger partial charge in [0.15, 0.2) is 0 Å². The highest BCUT2D eigenvalue weighted by molar-refractivity contribution is 5.88. The third-order valence-electron chi connectivity index (χ3n) is 3.75. The van der Waals surface area contributed by atoms with Gasteiger partial charge in [-0.15, -0.1) is 0 Å². The number of hydrogen-bond donors (Lipinski definition) is 1. The number of benzene rings is 1. The Bertz CT molecular complexity index is 459. The Morgan fingerprint density at radius 2 is 2.26 bits per heavy atom. The molecule has 0 aromatic heterocycles. The summed E-state index contributed by atoms with van der Waals surface area (Å²) >= 11 is 0. The maximum Gasteiger partial charge on any atom is 0.335 e. The third-order valence-corrected chi connectivity index (χ3v) is 3.75. The summed E-state index contributed by atoms with van der Waals surface area (Å²) in [4.78, 5) is 12.9. The molecule has 0 radical (unpaired) electrons. The minimum atomic E-state index is -1.09. The minimum absolute atomic E-state index is 0.00491. The quantitative estimate of drug-likeness (QED) is 0.902. The molecule has 3 nitrogen and oxygen atoms in total. The average molecular weight is 265 g/mol. The first-order valence-electron chi connectivity index (χ1n) is 6.93. The summed E-state index contributed by atoms with van der Waals surface area (Å²) < 4.78 is 14.1. The first-order chi connectivity index (χ1) is 9.13. The molecule has 2 rings (SSSR count). The van der Waals surface area contributed by atoms with Gasteiger partial charge in [0, 0.05) is 12.6 Å². The molecule has 1 N–H and O–H groups in total. The van der Waals surface area contributed by atoms with E-state index in [2.05, 4.69) is 11.8 Å². The summed E-state index contributed by atoms with van der Waals surface area (Å²) in [5.41, 5.74) is 0.549. The SMILES string of the molecule is CCCC1CCCCN1c1ccc(C(=O)O)cc1F. The number of nitrogens with zero attached hydrogens (tertiary/aromatic N) is 1. The predicted molar refractivity (Wildman–Crippen MR) is 73.3 cm³/mol. The highest BCUT2D eigenvalue weighted by Gasteiger charge is 2.24. The van der Waals surface area contributed by atoms with Gasteiger partial charge in [-0.2, -0.15) is 0 Å². The van der Waals surface area contributed by atoms with Crippen molar-refractivity contribution in [2.24, 2.45) is 0 Å². The van der Waals surface area contributed by atoms with Gasteiger partial charge in [-0.3, -0.25) is 0 Å². The minimum Gasteiger partial charge on any atom is -0.478 e. The fourth-order valence-corrected chi connectivity index (χ4v) is 2.82. The standard InChI is InChI=1S/C15H20FNO2/c1-2-5-12-6-3-4-9-17(12)14-8-7-11(15(18)19)10-13(14)16/h7-8,10,12H,2-6,9H2,1H3,(H,18,19). The highest BCUT2D eigenvalue weighted by Crippen LogP contribution is 2.29. The van der Waals surface area contributed by atoms with Crippen molar-refractivity contribution in [3.05, 3.63) is 29.6 Å². The van der Waals surface area contributed by atoms with Crippen molar-refractivity contribution in [1.82, 2.24) is 0 Å². The average Bonchev–Trinajstić information content (AvgIpc) is 2.40. The number of aromatic carboxylic acids is 1. The molecule has 0 amide bonds. The van der Waals surface area contributed by atoms with E-state index >= 15 is 0 Å². The third kappa shape index (κ3) is 3.06. The van der Waals surface area contributed by atoms with Crippen molar-refractivity contribution < 1.29 is 14.3 Å². The van der Waals surface area contributed by atoms with Gasteiger partial charge < -0.3 is 10.0 Å². The van der Waals surface area contributed by atoms with Gasteiger partial charge in [0.25, 0.3) is 0 Å². The molecule has 1 saturated heterocycles. The molecule has 0 aliphatic carbocycles. The Kier molecular flexibility index (Phi) is 4.40. The van der Waals surface area contributed by atoms with Crippen LogP contribution < -0.4 is 4.90 Å². The molecule has 1 aromatic carbocycles. The summed E-state index contributed by atoms with van der Waals surface area (Å²) in [6.07, 6.45) is 5.49. The first kappa shape index (κ1) is 13.8. The molecule has 0 saturated carbocycles. The number of piperidine rings is 1. The van der Waals surface area contributed by atoms with E-state index in [1.807, 2.05) is 0 Å². The number of carboxylic acids is 1. The lowest BCUT2D eigenvalue weighted by atomic mass is 9.97. The number of rotatable bonds is 4. The van der Waals surface area contributed by atoms with Crippen LogP contribution in [0.15, 0.2) is 18.2 Å². The topological polar surface area (TPSA) is 40.5 Å². The summed E-state index contributed by atoms with van der Waals surface area (Å²) in [5, 5.41) is 8.87. The van der Waals surface area contributed by atoms with Crippen LogP contribution in [0.25, 0.3) is 0 Å². The van der Waals surface area contributed by atoms with E-state index < -0.39 is 11.8 Å². The van der Waals surface area contributed by atoms with Crippen molar-refractivity contribution in [3.63, 3.8) is 0 Å². The molecule has 0 spiro atoms. The number of halogens is 1. The number of hydrogen-bond acceptors (Lipinski definition) is 2. The van der Waals surface area contributed by atoms with Gasteiger partial charge >= 0.3 is 5.97 Å². The summed E-state index contributed by atoms with van der Waals surface area (Å²) in [5.74, 6) is -1.52. The van der Waals surface area contributed by atoms with Crippen LogP contribution in [0.5, 0.6) is 0 Å². The summed E-state index contributed by atoms with van der Waals surface area (Å²) in [6.45, 7) is 2.99. The summed E-state index contributed by atoms with van der Waals surface area (Å²) in [6, 6.07) is 4.59. The van der Waals surface area contributed by atoms with Crippen molar-refractivity contribution in [3.8, 4) is 0 Å². The van der Waals surface area contributed by atoms with Crippen molar-refractivity contribution in [2.45, 2.75) is 45.1 Å². The van der Waals surface area contributed by atoms with Crippen LogP contribution >= 0.6 is 0 Å². The van der Waals surface area contributed by atoms with E-state index in [0.29, 0.717) is 11.7 Å². The second-order valence-electron chi connectivity index (χ2n) is 5.10. The molecular formula is C15H20FNO2. The number of anilines is 1. The molecule has 1 aromatic rings. The zero-order chi connectivity index (χ0) is 13.8. The lowest BCUT2D eigenvalue weighted by Gasteiger charge is -2.37. The van der Waals surface area contributed by atoms with Crippen LogP contribution in [0.2, 0.25) is 0 Å². The van der Waals surface area contributed by atoms with Crippen LogP contribution in [-0.4, -0.2) is 23.7 Å². The molecular weight excluding hydrogens is 245 g/mol. The fourth-order valence-electron chi connectivity index (χ4n) is 2.82. The lowest BCUT2D eigenvalue weighted by Crippen LogP contribution is -2.40. The van der Waals surface area contributed by atoms with E-state index in [-0.39, 0.29) is 5.56 Å². The Hall–Kier alpha value is -1.58. The van der Waals surface area contributed by atoms with Gasteiger partial charge in [0.05, 0.1) is 11.3 Å². The number of carbonyl (C=O) groups is 1. The van der Waals surface area contributed by atoms with Crippen LogP contribution in [0.1, 0.15) is 49.4 Å². The van der Waals surface area contributed by atoms with Gasteiger partial charge in [-0.25, -0.2) is 9.18 Å². The zero-order valence-corrected chi connectivity index (χ0v) is 11.2. The van der Waals surface area contributed by atoms with Crippen LogP contribution in [0.3, 0.4) is 0 Å². The van der Waals surface area contributed by atoms with Crippen molar-refractivity contribution in [1.29, 1.82) is 0 Å². The van der Waals surface area contributed by atoms with Crippen molar-refractivity contribution in [2.75, 3.05) is 11.4 Å². The van der Waals surface area contributed by atoms with E-state index in [9.17, 15) is 9.18 Å². The van der Waals surface area contributed by atoms with E-state index in [1.54, 1.807) is 6.07 Å². The second-order valence-corrected chi connectivity index (χ2v) is 5.10. The van der Waals surface area contributed by atoms with Crippen LogP contribution in [0, 0.1) is 5.82 Å². The summed E-state index contributed by atoms with van der Waals surface area (Å²) in [7, 11) is 0. The molecule has 4 heteroatoms. The molecule has 0 bridgehead atoms. The largest absolute Gasteiger partial charge is 0.478 e. The maximum absolute atomic E-state index is 14.1. The maximum atomic E-state index is 14.1. The normalized spacial score (nSPS) is 19.5. The molecule has 104 valence electrons. The van der Waals surface area contributed by atoms with Gasteiger partial charge in [0.1, 0.15) is 5.82 Å². The van der Waals surface area contributed by atoms with E-state index in [4.69, 9.17) is 5.11 Å². The van der Waals surface area contributed by atoms with Gasteiger partial charge in [-0.05, 0) is 43.9 Å². The van der Waals surface area contributed by atoms with E-state index in [1.165, 1.54) is 12.5 Å². The second kappa shape index (κ2) is 6.04. The molecule has 1 heterocycles. The van der Waals surface area contributed by atoms with Crippen LogP contribution in [-0.2, 0) is 0 Å². The van der Waals surface area contributed by atoms with Gasteiger partial charge in [-0.1, -0.05) is 13.3 Å². The molecule has 1 aliphatic heterocycles. The van der Waals surface area contributed by atoms with E-state index in [0.717, 1.165) is 38.3 Å². The lowest BCUT2D eigenvalue weighted by molar-refractivity contribution is 0.0696.